The highest BCUT2D eigenvalue weighted by Crippen LogP contribution is 2.48. The number of esters is 1. The Kier molecular flexibility index (Phi) is 6.05. The first-order valence-corrected chi connectivity index (χ1v) is 12.9. The van der Waals surface area contributed by atoms with Crippen molar-refractivity contribution in [2.75, 3.05) is 20.2 Å². The van der Waals surface area contributed by atoms with Gasteiger partial charge in [-0.1, -0.05) is 28.1 Å². The molecule has 0 spiro atoms. The van der Waals surface area contributed by atoms with Crippen LogP contribution >= 0.6 is 15.9 Å². The lowest BCUT2D eigenvalue weighted by Crippen LogP contribution is -2.55. The lowest BCUT2D eigenvalue weighted by molar-refractivity contribution is -0.160. The Labute approximate surface area is 192 Å². The summed E-state index contributed by atoms with van der Waals surface area (Å²) in [4.78, 5) is 12.8. The second kappa shape index (κ2) is 8.09. The molecule has 0 bridgehead atoms. The molecule has 1 aromatic carbocycles. The maximum absolute atomic E-state index is 13.8. The number of ether oxygens (including phenoxy) is 3. The Morgan fingerprint density at radius 2 is 1.74 bits per heavy atom. The fourth-order valence-electron chi connectivity index (χ4n) is 5.26. The molecule has 1 aromatic rings. The lowest BCUT2D eigenvalue weighted by Gasteiger charge is -2.37. The first-order chi connectivity index (χ1) is 14.5. The number of benzene rings is 1. The highest BCUT2D eigenvalue weighted by molar-refractivity contribution is 9.10. The van der Waals surface area contributed by atoms with Crippen LogP contribution < -0.4 is 0 Å². The van der Waals surface area contributed by atoms with Gasteiger partial charge in [-0.3, -0.25) is 4.79 Å². The molecule has 0 amide bonds. The fraction of sp³-hybridized carbons (Fsp3) is 0.682. The molecule has 31 heavy (non-hydrogen) atoms. The van der Waals surface area contributed by atoms with Crippen LogP contribution in [0.5, 0.6) is 0 Å². The van der Waals surface area contributed by atoms with Gasteiger partial charge in [0.1, 0.15) is 0 Å². The molecule has 3 fully saturated rings. The molecule has 4 rings (SSSR count). The van der Waals surface area contributed by atoms with Gasteiger partial charge < -0.3 is 14.2 Å². The number of fused-ring (bicyclic) bond motifs is 1. The Bertz CT molecular complexity index is 954. The number of aryl methyl sites for hydroxylation is 1. The van der Waals surface area contributed by atoms with Crippen LogP contribution in [-0.4, -0.2) is 61.6 Å². The van der Waals surface area contributed by atoms with Crippen molar-refractivity contribution in [1.82, 2.24) is 4.31 Å². The SMILES string of the molecule is COC(=O)C1(S(=O)(=O)N2CCC(c3ccc(Br)c(C)c3)CC2)CC2OC(C)(C)OC2C1. The van der Waals surface area contributed by atoms with Gasteiger partial charge >= 0.3 is 5.97 Å². The smallest absolute Gasteiger partial charge is 0.328 e. The summed E-state index contributed by atoms with van der Waals surface area (Å²) in [5.41, 5.74) is 2.39. The summed E-state index contributed by atoms with van der Waals surface area (Å²) in [5.74, 6) is -1.21. The molecule has 7 nitrogen and oxygen atoms in total. The third kappa shape index (κ3) is 3.97. The third-order valence-corrected chi connectivity index (χ3v) is 10.3. The van der Waals surface area contributed by atoms with E-state index in [-0.39, 0.29) is 12.8 Å². The molecule has 0 radical (unpaired) electrons. The van der Waals surface area contributed by atoms with Gasteiger partial charge in [-0.2, -0.15) is 0 Å². The molecule has 172 valence electrons. The fourth-order valence-corrected chi connectivity index (χ4v) is 7.73. The average Bonchev–Trinajstić information content (AvgIpc) is 3.21. The third-order valence-electron chi connectivity index (χ3n) is 6.85. The van der Waals surface area contributed by atoms with E-state index in [0.29, 0.717) is 31.8 Å². The molecule has 1 saturated carbocycles. The Morgan fingerprint density at radius 1 is 1.16 bits per heavy atom. The number of rotatable bonds is 4. The second-order valence-electron chi connectivity index (χ2n) is 9.29. The molecule has 2 unspecified atom stereocenters. The van der Waals surface area contributed by atoms with Crippen LogP contribution in [0.15, 0.2) is 22.7 Å². The van der Waals surface area contributed by atoms with Crippen molar-refractivity contribution in [2.45, 2.75) is 75.1 Å². The molecule has 1 aliphatic carbocycles. The number of hydrogen-bond donors (Lipinski definition) is 0. The average molecular weight is 516 g/mol. The normalized spacial score (nSPS) is 31.5. The number of sulfonamides is 1. The molecule has 9 heteroatoms. The molecule has 2 atom stereocenters. The van der Waals surface area contributed by atoms with E-state index in [4.69, 9.17) is 14.2 Å². The predicted octanol–water partition coefficient (Wildman–Crippen LogP) is 3.49. The Morgan fingerprint density at radius 3 is 2.26 bits per heavy atom. The number of methoxy groups -OCH3 is 1. The van der Waals surface area contributed by atoms with Gasteiger partial charge in [-0.15, -0.1) is 0 Å². The molecule has 3 aliphatic rings. The predicted molar refractivity (Wildman–Crippen MR) is 119 cm³/mol. The Hall–Kier alpha value is -1.00. The molecule has 0 N–H and O–H groups in total. The number of carbonyl (C=O) groups excluding carboxylic acids is 1. The maximum atomic E-state index is 13.8. The van der Waals surface area contributed by atoms with Crippen molar-refractivity contribution in [3.8, 4) is 0 Å². The van der Waals surface area contributed by atoms with Gasteiger partial charge in [-0.25, -0.2) is 12.7 Å². The van der Waals surface area contributed by atoms with Crippen LogP contribution in [0.3, 0.4) is 0 Å². The number of piperidine rings is 1. The van der Waals surface area contributed by atoms with E-state index >= 15 is 0 Å². The summed E-state index contributed by atoms with van der Waals surface area (Å²) in [7, 11) is -2.71. The molecule has 0 aromatic heterocycles. The monoisotopic (exact) mass is 515 g/mol. The zero-order valence-corrected chi connectivity index (χ0v) is 20.8. The number of nitrogens with zero attached hydrogens (tertiary/aromatic N) is 1. The summed E-state index contributed by atoms with van der Waals surface area (Å²) in [6, 6.07) is 6.29. The van der Waals surface area contributed by atoms with Crippen LogP contribution in [0.1, 0.15) is 56.6 Å². The first kappa shape index (κ1) is 23.2. The number of carbonyl (C=O) groups is 1. The highest BCUT2D eigenvalue weighted by Gasteiger charge is 2.65. The number of halogens is 1. The molecular weight excluding hydrogens is 486 g/mol. The zero-order chi connectivity index (χ0) is 22.6. The van der Waals surface area contributed by atoms with Crippen LogP contribution in [0, 0.1) is 6.92 Å². The van der Waals surface area contributed by atoms with E-state index in [0.717, 1.165) is 10.0 Å². The van der Waals surface area contributed by atoms with E-state index in [2.05, 4.69) is 35.0 Å². The molecule has 2 saturated heterocycles. The van der Waals surface area contributed by atoms with Gasteiger partial charge in [0.25, 0.3) is 0 Å². The van der Waals surface area contributed by atoms with Gasteiger partial charge in [0, 0.05) is 30.4 Å². The molecule has 2 heterocycles. The van der Waals surface area contributed by atoms with Gasteiger partial charge in [0.15, 0.2) is 10.5 Å². The van der Waals surface area contributed by atoms with Gasteiger partial charge in [0.2, 0.25) is 10.0 Å². The topological polar surface area (TPSA) is 82.1 Å². The minimum absolute atomic E-state index is 0.0575. The van der Waals surface area contributed by atoms with E-state index in [1.807, 2.05) is 6.07 Å². The largest absolute Gasteiger partial charge is 0.468 e. The lowest BCUT2D eigenvalue weighted by atomic mass is 9.89. The highest BCUT2D eigenvalue weighted by atomic mass is 79.9. The van der Waals surface area contributed by atoms with Gasteiger partial charge in [-0.05, 0) is 56.7 Å². The van der Waals surface area contributed by atoms with Crippen LogP contribution in [0.4, 0.5) is 0 Å². The minimum Gasteiger partial charge on any atom is -0.468 e. The quantitative estimate of drug-likeness (QED) is 0.570. The molecule has 2 aliphatic heterocycles. The van der Waals surface area contributed by atoms with Crippen molar-refractivity contribution < 1.29 is 27.4 Å². The van der Waals surface area contributed by atoms with Crippen molar-refractivity contribution >= 4 is 31.9 Å². The summed E-state index contributed by atoms with van der Waals surface area (Å²) in [5, 5.41) is 0. The van der Waals surface area contributed by atoms with Crippen LogP contribution in [0.25, 0.3) is 0 Å². The van der Waals surface area contributed by atoms with Crippen molar-refractivity contribution in [1.29, 1.82) is 0 Å². The standard InChI is InChI=1S/C22H30BrNO6S/c1-14-11-16(5-6-17(14)23)15-7-9-24(10-8-15)31(26,27)22(20(25)28-4)12-18-19(13-22)30-21(2,3)29-18/h5-6,11,15,18-19H,7-10,12-13H2,1-4H3. The maximum Gasteiger partial charge on any atom is 0.328 e. The van der Waals surface area contributed by atoms with Crippen LogP contribution in [-0.2, 0) is 29.0 Å². The van der Waals surface area contributed by atoms with E-state index in [1.54, 1.807) is 13.8 Å². The van der Waals surface area contributed by atoms with E-state index in [9.17, 15) is 13.2 Å². The summed E-state index contributed by atoms with van der Waals surface area (Å²) in [6.45, 7) is 6.41. The summed E-state index contributed by atoms with van der Waals surface area (Å²) in [6.07, 6.45) is 0.665. The molecular formula is C22H30BrNO6S. The Balaban J connectivity index is 1.53. The van der Waals surface area contributed by atoms with Crippen molar-refractivity contribution in [3.63, 3.8) is 0 Å². The minimum atomic E-state index is -3.94. The summed E-state index contributed by atoms with van der Waals surface area (Å²) >= 11 is 3.53. The van der Waals surface area contributed by atoms with E-state index < -0.39 is 38.7 Å². The number of hydrogen-bond acceptors (Lipinski definition) is 6. The van der Waals surface area contributed by atoms with Crippen molar-refractivity contribution in [2.24, 2.45) is 0 Å². The van der Waals surface area contributed by atoms with Gasteiger partial charge in [0.05, 0.1) is 19.3 Å². The van der Waals surface area contributed by atoms with Crippen LogP contribution in [0.2, 0.25) is 0 Å². The van der Waals surface area contributed by atoms with Crippen molar-refractivity contribution in [3.05, 3.63) is 33.8 Å². The first-order valence-electron chi connectivity index (χ1n) is 10.7. The van der Waals surface area contributed by atoms with E-state index in [1.165, 1.54) is 17.0 Å². The second-order valence-corrected chi connectivity index (χ2v) is 12.4. The zero-order valence-electron chi connectivity index (χ0n) is 18.4. The summed E-state index contributed by atoms with van der Waals surface area (Å²) < 4.78 is 45.1.